The molecular weight excluding hydrogens is 283 g/mol. The molecule has 100 valence electrons. The van der Waals surface area contributed by atoms with E-state index in [-0.39, 0.29) is 22.4 Å². The maximum atomic E-state index is 12.2. The number of alkyl halides is 3. The Kier molecular flexibility index (Phi) is 3.75. The van der Waals surface area contributed by atoms with Crippen molar-refractivity contribution in [2.24, 2.45) is 0 Å². The van der Waals surface area contributed by atoms with Crippen molar-refractivity contribution in [2.75, 3.05) is 5.32 Å². The first-order chi connectivity index (χ1) is 8.94. The Morgan fingerprint density at radius 2 is 1.79 bits per heavy atom. The van der Waals surface area contributed by atoms with Crippen molar-refractivity contribution in [2.45, 2.75) is 6.36 Å². The lowest BCUT2D eigenvalue weighted by Crippen LogP contribution is -2.17. The van der Waals surface area contributed by atoms with E-state index in [9.17, 15) is 13.2 Å². The van der Waals surface area contributed by atoms with Crippen LogP contribution in [0.4, 0.5) is 24.7 Å². The molecule has 0 fully saturated rings. The Labute approximate surface area is 111 Å². The first-order valence-corrected chi connectivity index (χ1v) is 5.43. The van der Waals surface area contributed by atoms with Gasteiger partial charge < -0.3 is 10.1 Å². The van der Waals surface area contributed by atoms with E-state index in [4.69, 9.17) is 11.6 Å². The summed E-state index contributed by atoms with van der Waals surface area (Å²) in [6.07, 6.45) is -4.76. The first-order valence-electron chi connectivity index (χ1n) is 5.05. The van der Waals surface area contributed by atoms with Gasteiger partial charge in [0.2, 0.25) is 0 Å². The van der Waals surface area contributed by atoms with Gasteiger partial charge in [-0.15, -0.1) is 23.4 Å². The van der Waals surface area contributed by atoms with Crippen molar-refractivity contribution in [3.8, 4) is 5.75 Å². The van der Waals surface area contributed by atoms with Crippen LogP contribution in [0.5, 0.6) is 5.75 Å². The summed E-state index contributed by atoms with van der Waals surface area (Å²) in [4.78, 5) is 0. The topological polar surface area (TPSA) is 47.0 Å². The van der Waals surface area contributed by atoms with Crippen molar-refractivity contribution >= 4 is 23.1 Å². The predicted molar refractivity (Wildman–Crippen MR) is 63.4 cm³/mol. The molecule has 0 aliphatic rings. The highest BCUT2D eigenvalue weighted by molar-refractivity contribution is 6.29. The molecule has 8 heteroatoms. The fourth-order valence-electron chi connectivity index (χ4n) is 1.30. The van der Waals surface area contributed by atoms with Gasteiger partial charge in [-0.2, -0.15) is 0 Å². The van der Waals surface area contributed by atoms with Crippen molar-refractivity contribution in [1.29, 1.82) is 0 Å². The zero-order chi connectivity index (χ0) is 13.9. The number of benzene rings is 1. The summed E-state index contributed by atoms with van der Waals surface area (Å²) in [5.74, 6) is -0.102. The van der Waals surface area contributed by atoms with Crippen LogP contribution in [0.15, 0.2) is 36.4 Å². The van der Waals surface area contributed by atoms with Crippen molar-refractivity contribution < 1.29 is 17.9 Å². The zero-order valence-electron chi connectivity index (χ0n) is 9.28. The van der Waals surface area contributed by atoms with E-state index in [0.29, 0.717) is 0 Å². The fraction of sp³-hybridized carbons (Fsp3) is 0.0909. The van der Waals surface area contributed by atoms with E-state index < -0.39 is 6.36 Å². The number of nitrogens with zero attached hydrogens (tertiary/aromatic N) is 2. The number of anilines is 2. The summed E-state index contributed by atoms with van der Waals surface area (Å²) < 4.78 is 40.5. The number of hydrogen-bond acceptors (Lipinski definition) is 4. The van der Waals surface area contributed by atoms with E-state index in [1.54, 1.807) is 6.07 Å². The van der Waals surface area contributed by atoms with Gasteiger partial charge in [-0.25, -0.2) is 0 Å². The zero-order valence-corrected chi connectivity index (χ0v) is 10.0. The van der Waals surface area contributed by atoms with E-state index in [1.165, 1.54) is 30.3 Å². The monoisotopic (exact) mass is 289 g/mol. The van der Waals surface area contributed by atoms with Crippen LogP contribution >= 0.6 is 11.6 Å². The molecule has 0 saturated heterocycles. The molecule has 0 aliphatic carbocycles. The molecule has 2 aromatic rings. The number of rotatable bonds is 3. The van der Waals surface area contributed by atoms with Gasteiger partial charge in [0.05, 0.1) is 5.69 Å². The molecule has 1 aromatic carbocycles. The third kappa shape index (κ3) is 3.99. The van der Waals surface area contributed by atoms with Crippen molar-refractivity contribution in [3.63, 3.8) is 0 Å². The molecule has 0 aliphatic heterocycles. The Morgan fingerprint density at radius 1 is 1.05 bits per heavy atom. The molecule has 0 bridgehead atoms. The lowest BCUT2D eigenvalue weighted by Gasteiger charge is -2.13. The highest BCUT2D eigenvalue weighted by atomic mass is 35.5. The molecule has 0 unspecified atom stereocenters. The van der Waals surface area contributed by atoms with Crippen LogP contribution < -0.4 is 10.1 Å². The molecule has 0 atom stereocenters. The van der Waals surface area contributed by atoms with E-state index in [2.05, 4.69) is 20.3 Å². The molecule has 19 heavy (non-hydrogen) atoms. The van der Waals surface area contributed by atoms with Gasteiger partial charge in [0.15, 0.2) is 16.7 Å². The van der Waals surface area contributed by atoms with E-state index >= 15 is 0 Å². The number of ether oxygens (including phenoxy) is 1. The highest BCUT2D eigenvalue weighted by Gasteiger charge is 2.32. The van der Waals surface area contributed by atoms with Gasteiger partial charge in [-0.05, 0) is 24.3 Å². The Hall–Kier alpha value is -2.02. The molecule has 0 saturated carbocycles. The lowest BCUT2D eigenvalue weighted by atomic mass is 10.3. The van der Waals surface area contributed by atoms with Crippen LogP contribution in [-0.4, -0.2) is 16.6 Å². The summed E-state index contributed by atoms with van der Waals surface area (Å²) >= 11 is 5.56. The summed E-state index contributed by atoms with van der Waals surface area (Å²) in [5.41, 5.74) is 0.122. The van der Waals surface area contributed by atoms with Crippen LogP contribution in [-0.2, 0) is 0 Å². The third-order valence-electron chi connectivity index (χ3n) is 2.01. The van der Waals surface area contributed by atoms with Crippen molar-refractivity contribution in [1.82, 2.24) is 10.2 Å². The van der Waals surface area contributed by atoms with Crippen LogP contribution in [0.3, 0.4) is 0 Å². The largest absolute Gasteiger partial charge is 0.573 e. The first kappa shape index (κ1) is 13.4. The normalized spacial score (nSPS) is 11.2. The minimum Gasteiger partial charge on any atom is -0.404 e. The van der Waals surface area contributed by atoms with Gasteiger partial charge in [-0.1, -0.05) is 23.7 Å². The quantitative estimate of drug-likeness (QED) is 0.934. The van der Waals surface area contributed by atoms with Crippen LogP contribution in [0.1, 0.15) is 0 Å². The number of nitrogens with one attached hydrogen (secondary N) is 1. The Balaban J connectivity index is 2.22. The van der Waals surface area contributed by atoms with E-state index in [1.807, 2.05) is 0 Å². The SMILES string of the molecule is FC(F)(F)Oc1ccccc1Nc1ccc(Cl)nn1. The summed E-state index contributed by atoms with van der Waals surface area (Å²) in [5, 5.41) is 10.1. The molecule has 1 aromatic heterocycles. The molecule has 1 N–H and O–H groups in total. The maximum Gasteiger partial charge on any atom is 0.573 e. The molecule has 4 nitrogen and oxygen atoms in total. The average Bonchev–Trinajstić information content (AvgIpc) is 2.33. The molecular formula is C11H7ClF3N3O. The Bertz CT molecular complexity index is 560. The van der Waals surface area contributed by atoms with Gasteiger partial charge in [-0.3, -0.25) is 0 Å². The second kappa shape index (κ2) is 5.31. The molecule has 2 rings (SSSR count). The van der Waals surface area contributed by atoms with Crippen molar-refractivity contribution in [3.05, 3.63) is 41.6 Å². The van der Waals surface area contributed by atoms with Gasteiger partial charge in [0, 0.05) is 0 Å². The van der Waals surface area contributed by atoms with Crippen LogP contribution in [0.2, 0.25) is 5.15 Å². The minimum absolute atomic E-state index is 0.122. The number of aromatic nitrogens is 2. The highest BCUT2D eigenvalue weighted by Crippen LogP contribution is 2.31. The van der Waals surface area contributed by atoms with Gasteiger partial charge in [0.1, 0.15) is 0 Å². The van der Waals surface area contributed by atoms with E-state index in [0.717, 1.165) is 0 Å². The smallest absolute Gasteiger partial charge is 0.404 e. The molecule has 0 spiro atoms. The van der Waals surface area contributed by atoms with Gasteiger partial charge in [0.25, 0.3) is 0 Å². The summed E-state index contributed by atoms with van der Waals surface area (Å²) in [6.45, 7) is 0. The number of halogens is 4. The predicted octanol–water partition coefficient (Wildman–Crippen LogP) is 3.77. The molecule has 0 amide bonds. The second-order valence-electron chi connectivity index (χ2n) is 3.41. The number of hydrogen-bond donors (Lipinski definition) is 1. The van der Waals surface area contributed by atoms with Crippen LogP contribution in [0, 0.1) is 0 Å². The van der Waals surface area contributed by atoms with Gasteiger partial charge >= 0.3 is 6.36 Å². The maximum absolute atomic E-state index is 12.2. The molecule has 0 radical (unpaired) electrons. The lowest BCUT2D eigenvalue weighted by molar-refractivity contribution is -0.274. The third-order valence-corrected chi connectivity index (χ3v) is 2.21. The Morgan fingerprint density at radius 3 is 2.42 bits per heavy atom. The minimum atomic E-state index is -4.76. The second-order valence-corrected chi connectivity index (χ2v) is 3.80. The fourth-order valence-corrected chi connectivity index (χ4v) is 1.41. The molecule has 1 heterocycles. The standard InChI is InChI=1S/C11H7ClF3N3O/c12-9-5-6-10(18-17-9)16-7-3-1-2-4-8(7)19-11(13,14)15/h1-6H,(H,16,18). The number of para-hydroxylation sites is 2. The summed E-state index contributed by atoms with van der Waals surface area (Å²) in [7, 11) is 0. The average molecular weight is 290 g/mol. The van der Waals surface area contributed by atoms with Crippen LogP contribution in [0.25, 0.3) is 0 Å². The summed E-state index contributed by atoms with van der Waals surface area (Å²) in [6, 6.07) is 8.56.